The quantitative estimate of drug-likeness (QED) is 0.532. The molecule has 2 N–H and O–H groups in total. The number of nitrogens with two attached hydrogens (primary N) is 1. The highest BCUT2D eigenvalue weighted by Gasteiger charge is 2.32. The summed E-state index contributed by atoms with van der Waals surface area (Å²) in [4.78, 5) is 0. The maximum Gasteiger partial charge on any atom is 0.119 e. The van der Waals surface area contributed by atoms with Gasteiger partial charge in [0.25, 0.3) is 0 Å². The zero-order chi connectivity index (χ0) is 21.8. The maximum atomic E-state index is 7.14. The molecule has 0 aliphatic heterocycles. The van der Waals surface area contributed by atoms with Gasteiger partial charge in [-0.2, -0.15) is 0 Å². The minimum absolute atomic E-state index is 0.439. The summed E-state index contributed by atoms with van der Waals surface area (Å²) >= 11 is 0. The molecule has 2 atom stereocenters. The highest BCUT2D eigenvalue weighted by atomic mass is 16.5. The first kappa shape index (κ1) is 21.5. The number of fused-ring (bicyclic) bond motifs is 1. The number of ether oxygens (including phenoxy) is 2. The summed E-state index contributed by atoms with van der Waals surface area (Å²) in [5.74, 6) is 2.26. The molecular weight excluding hydrogens is 382 g/mol. The van der Waals surface area contributed by atoms with Crippen molar-refractivity contribution in [3.8, 4) is 11.5 Å². The van der Waals surface area contributed by atoms with Crippen molar-refractivity contribution >= 4 is 0 Å². The van der Waals surface area contributed by atoms with Crippen molar-refractivity contribution in [2.24, 2.45) is 5.73 Å². The second-order valence-corrected chi connectivity index (χ2v) is 8.70. The molecule has 0 heterocycles. The van der Waals surface area contributed by atoms with Crippen molar-refractivity contribution in [2.45, 2.75) is 50.5 Å². The summed E-state index contributed by atoms with van der Waals surface area (Å²) in [6.45, 7) is 2.19. The zero-order valence-electron chi connectivity index (χ0n) is 18.9. The molecule has 3 aromatic carbocycles. The van der Waals surface area contributed by atoms with Crippen molar-refractivity contribution < 1.29 is 9.47 Å². The van der Waals surface area contributed by atoms with Crippen LogP contribution in [0.25, 0.3) is 0 Å². The molecule has 0 aromatic heterocycles. The van der Waals surface area contributed by atoms with E-state index in [0.29, 0.717) is 5.92 Å². The Labute approximate surface area is 186 Å². The normalized spacial score (nSPS) is 17.5. The van der Waals surface area contributed by atoms with Crippen LogP contribution in [0.1, 0.15) is 53.5 Å². The van der Waals surface area contributed by atoms with Gasteiger partial charge in [0.2, 0.25) is 0 Å². The molecule has 3 aromatic rings. The Bertz CT molecular complexity index is 1030. The summed E-state index contributed by atoms with van der Waals surface area (Å²) in [5.41, 5.74) is 13.4. The van der Waals surface area contributed by atoms with Crippen LogP contribution in [0.2, 0.25) is 0 Å². The predicted molar refractivity (Wildman–Crippen MR) is 127 cm³/mol. The number of rotatable bonds is 7. The number of hydrogen-bond acceptors (Lipinski definition) is 3. The molecule has 31 heavy (non-hydrogen) atoms. The van der Waals surface area contributed by atoms with Gasteiger partial charge in [0.05, 0.1) is 14.2 Å². The third-order valence-electron chi connectivity index (χ3n) is 6.87. The molecule has 3 nitrogen and oxygen atoms in total. The molecule has 0 saturated heterocycles. The number of hydrogen-bond donors (Lipinski definition) is 1. The average molecular weight is 416 g/mol. The molecule has 2 unspecified atom stereocenters. The SMILES string of the molecule is CCC(N)(Cc1ccccc1)c1cc(OC)ccc1C1CCc2cc(OC)ccc2C1. The van der Waals surface area contributed by atoms with Crippen LogP contribution in [0.15, 0.2) is 66.7 Å². The van der Waals surface area contributed by atoms with Crippen LogP contribution in [0.3, 0.4) is 0 Å². The van der Waals surface area contributed by atoms with E-state index in [2.05, 4.69) is 73.7 Å². The molecule has 0 fully saturated rings. The van der Waals surface area contributed by atoms with Crippen LogP contribution >= 0.6 is 0 Å². The first-order valence-corrected chi connectivity index (χ1v) is 11.2. The monoisotopic (exact) mass is 415 g/mol. The Morgan fingerprint density at radius 3 is 2.32 bits per heavy atom. The fourth-order valence-electron chi connectivity index (χ4n) is 4.94. The fourth-order valence-corrected chi connectivity index (χ4v) is 4.94. The summed E-state index contributed by atoms with van der Waals surface area (Å²) in [5, 5.41) is 0. The maximum absolute atomic E-state index is 7.14. The number of benzene rings is 3. The second-order valence-electron chi connectivity index (χ2n) is 8.70. The Kier molecular flexibility index (Phi) is 6.33. The highest BCUT2D eigenvalue weighted by Crippen LogP contribution is 2.41. The van der Waals surface area contributed by atoms with Crippen molar-refractivity contribution in [2.75, 3.05) is 14.2 Å². The smallest absolute Gasteiger partial charge is 0.119 e. The molecule has 4 rings (SSSR count). The molecule has 1 aliphatic carbocycles. The first-order chi connectivity index (χ1) is 15.1. The van der Waals surface area contributed by atoms with Gasteiger partial charge in [-0.25, -0.2) is 0 Å². The Morgan fingerprint density at radius 2 is 1.61 bits per heavy atom. The van der Waals surface area contributed by atoms with Gasteiger partial charge in [0.1, 0.15) is 11.5 Å². The van der Waals surface area contributed by atoms with Gasteiger partial charge in [-0.05, 0) is 90.1 Å². The van der Waals surface area contributed by atoms with E-state index in [1.807, 2.05) is 0 Å². The number of methoxy groups -OCH3 is 2. The minimum Gasteiger partial charge on any atom is -0.497 e. The van der Waals surface area contributed by atoms with E-state index in [0.717, 1.165) is 43.6 Å². The lowest BCUT2D eigenvalue weighted by Crippen LogP contribution is -2.40. The van der Waals surface area contributed by atoms with Gasteiger partial charge in [0.15, 0.2) is 0 Å². The van der Waals surface area contributed by atoms with Crippen LogP contribution < -0.4 is 15.2 Å². The molecular formula is C28H33NO2. The summed E-state index contributed by atoms with van der Waals surface area (Å²) in [6, 6.07) is 23.6. The van der Waals surface area contributed by atoms with E-state index in [9.17, 15) is 0 Å². The van der Waals surface area contributed by atoms with Crippen molar-refractivity contribution in [1.82, 2.24) is 0 Å². The van der Waals surface area contributed by atoms with Crippen molar-refractivity contribution in [3.05, 3.63) is 94.5 Å². The third-order valence-corrected chi connectivity index (χ3v) is 6.87. The lowest BCUT2D eigenvalue weighted by Gasteiger charge is -2.35. The van der Waals surface area contributed by atoms with E-state index in [1.165, 1.54) is 27.8 Å². The third kappa shape index (κ3) is 4.47. The van der Waals surface area contributed by atoms with Crippen LogP contribution in [0, 0.1) is 0 Å². The fraction of sp³-hybridized carbons (Fsp3) is 0.357. The van der Waals surface area contributed by atoms with Gasteiger partial charge in [-0.15, -0.1) is 0 Å². The van der Waals surface area contributed by atoms with Crippen LogP contribution in [-0.4, -0.2) is 14.2 Å². The molecule has 0 radical (unpaired) electrons. The van der Waals surface area contributed by atoms with Crippen LogP contribution in [0.4, 0.5) is 0 Å². The molecule has 162 valence electrons. The lowest BCUT2D eigenvalue weighted by molar-refractivity contribution is 0.395. The molecule has 0 saturated carbocycles. The standard InChI is InChI=1S/C28H33NO2/c1-4-28(29,19-20-8-6-5-7-9-20)27-18-25(31-3)14-15-26(27)23-11-10-22-17-24(30-2)13-12-21(22)16-23/h5-9,12-15,17-18,23H,4,10-11,16,19,29H2,1-3H3. The van der Waals surface area contributed by atoms with Crippen LogP contribution in [0.5, 0.6) is 11.5 Å². The summed E-state index contributed by atoms with van der Waals surface area (Å²) in [7, 11) is 3.46. The Hall–Kier alpha value is -2.78. The van der Waals surface area contributed by atoms with Gasteiger partial charge in [-0.1, -0.05) is 49.4 Å². The Morgan fingerprint density at radius 1 is 0.903 bits per heavy atom. The van der Waals surface area contributed by atoms with Crippen LogP contribution in [-0.2, 0) is 24.8 Å². The van der Waals surface area contributed by atoms with Gasteiger partial charge in [-0.3, -0.25) is 0 Å². The van der Waals surface area contributed by atoms with Gasteiger partial charge in [0, 0.05) is 5.54 Å². The van der Waals surface area contributed by atoms with Gasteiger partial charge < -0.3 is 15.2 Å². The topological polar surface area (TPSA) is 44.5 Å². The highest BCUT2D eigenvalue weighted by molar-refractivity contribution is 5.46. The van der Waals surface area contributed by atoms with E-state index in [4.69, 9.17) is 15.2 Å². The van der Waals surface area contributed by atoms with E-state index in [1.54, 1.807) is 14.2 Å². The van der Waals surface area contributed by atoms with E-state index < -0.39 is 5.54 Å². The minimum atomic E-state index is -0.439. The van der Waals surface area contributed by atoms with E-state index >= 15 is 0 Å². The van der Waals surface area contributed by atoms with Gasteiger partial charge >= 0.3 is 0 Å². The Balaban J connectivity index is 1.71. The molecule has 1 aliphatic rings. The molecule has 0 amide bonds. The second kappa shape index (κ2) is 9.15. The molecule has 0 bridgehead atoms. The predicted octanol–water partition coefficient (Wildman–Crippen LogP) is 5.78. The first-order valence-electron chi connectivity index (χ1n) is 11.2. The molecule has 3 heteroatoms. The van der Waals surface area contributed by atoms with E-state index in [-0.39, 0.29) is 0 Å². The largest absolute Gasteiger partial charge is 0.497 e. The van der Waals surface area contributed by atoms with Crippen molar-refractivity contribution in [3.63, 3.8) is 0 Å². The molecule has 0 spiro atoms. The van der Waals surface area contributed by atoms with Crippen molar-refractivity contribution in [1.29, 1.82) is 0 Å². The summed E-state index contributed by atoms with van der Waals surface area (Å²) < 4.78 is 11.0. The summed E-state index contributed by atoms with van der Waals surface area (Å²) in [6.07, 6.45) is 4.88. The number of aryl methyl sites for hydroxylation is 1. The average Bonchev–Trinajstić information content (AvgIpc) is 2.83. The zero-order valence-corrected chi connectivity index (χ0v) is 18.9. The lowest BCUT2D eigenvalue weighted by atomic mass is 9.73.